The Kier molecular flexibility index (Phi) is 4.48. The van der Waals surface area contributed by atoms with E-state index in [4.69, 9.17) is 9.47 Å². The number of epoxide rings is 1. The van der Waals surface area contributed by atoms with Crippen LogP contribution in [0.2, 0.25) is 0 Å². The standard InChI is InChI=1S/C17H24O3/c1-4-12-17(15(18)19-5-2)16(3,20-17)13-11-14-9-7-6-8-10-14/h6-10H,4-5,11-13H2,1-3H3. The van der Waals surface area contributed by atoms with Crippen molar-refractivity contribution in [3.8, 4) is 0 Å². The first-order valence-corrected chi connectivity index (χ1v) is 7.49. The molecule has 1 fully saturated rings. The van der Waals surface area contributed by atoms with Crippen LogP contribution in [0.3, 0.4) is 0 Å². The van der Waals surface area contributed by atoms with Crippen molar-refractivity contribution in [2.24, 2.45) is 0 Å². The number of carbonyl (C=O) groups excluding carboxylic acids is 1. The van der Waals surface area contributed by atoms with Crippen LogP contribution in [0.15, 0.2) is 30.3 Å². The van der Waals surface area contributed by atoms with Gasteiger partial charge in [0.2, 0.25) is 0 Å². The molecule has 0 aromatic heterocycles. The van der Waals surface area contributed by atoms with Crippen molar-refractivity contribution in [1.29, 1.82) is 0 Å². The Bertz CT molecular complexity index is 457. The van der Waals surface area contributed by atoms with Crippen molar-refractivity contribution in [2.75, 3.05) is 6.61 Å². The summed E-state index contributed by atoms with van der Waals surface area (Å²) in [7, 11) is 0. The molecule has 1 aromatic carbocycles. The van der Waals surface area contributed by atoms with E-state index in [0.717, 1.165) is 25.7 Å². The minimum absolute atomic E-state index is 0.197. The summed E-state index contributed by atoms with van der Waals surface area (Å²) in [6.07, 6.45) is 3.41. The molecule has 0 amide bonds. The van der Waals surface area contributed by atoms with Gasteiger partial charge in [0, 0.05) is 0 Å². The van der Waals surface area contributed by atoms with Gasteiger partial charge in [-0.05, 0) is 38.7 Å². The molecule has 1 aliphatic rings. The van der Waals surface area contributed by atoms with Crippen molar-refractivity contribution < 1.29 is 14.3 Å². The Morgan fingerprint density at radius 3 is 2.50 bits per heavy atom. The van der Waals surface area contributed by atoms with E-state index in [1.165, 1.54) is 5.56 Å². The fourth-order valence-electron chi connectivity index (χ4n) is 2.91. The second kappa shape index (κ2) is 5.96. The van der Waals surface area contributed by atoms with Gasteiger partial charge in [-0.1, -0.05) is 43.7 Å². The number of ether oxygens (including phenoxy) is 2. The van der Waals surface area contributed by atoms with Crippen LogP contribution in [0.1, 0.15) is 45.6 Å². The predicted molar refractivity (Wildman–Crippen MR) is 78.5 cm³/mol. The molecule has 0 bridgehead atoms. The minimum Gasteiger partial charge on any atom is -0.464 e. The zero-order valence-electron chi connectivity index (χ0n) is 12.6. The fraction of sp³-hybridized carbons (Fsp3) is 0.588. The number of aryl methyl sites for hydroxylation is 1. The first-order chi connectivity index (χ1) is 9.58. The van der Waals surface area contributed by atoms with Crippen LogP contribution < -0.4 is 0 Å². The van der Waals surface area contributed by atoms with Gasteiger partial charge in [-0.15, -0.1) is 0 Å². The molecule has 1 heterocycles. The maximum Gasteiger partial charge on any atom is 0.341 e. The third-order valence-corrected chi connectivity index (χ3v) is 4.15. The van der Waals surface area contributed by atoms with Crippen LogP contribution in [-0.4, -0.2) is 23.8 Å². The fourth-order valence-corrected chi connectivity index (χ4v) is 2.91. The number of rotatable bonds is 7. The molecule has 1 aliphatic heterocycles. The van der Waals surface area contributed by atoms with Gasteiger partial charge in [0.05, 0.1) is 6.61 Å². The Balaban J connectivity index is 2.02. The van der Waals surface area contributed by atoms with Gasteiger partial charge in [-0.2, -0.15) is 0 Å². The molecule has 3 nitrogen and oxygen atoms in total. The predicted octanol–water partition coefficient (Wildman–Crippen LogP) is 3.51. The van der Waals surface area contributed by atoms with Gasteiger partial charge < -0.3 is 9.47 Å². The van der Waals surface area contributed by atoms with Gasteiger partial charge in [0.25, 0.3) is 0 Å². The van der Waals surface area contributed by atoms with Crippen LogP contribution in [0, 0.1) is 0 Å². The lowest BCUT2D eigenvalue weighted by molar-refractivity contribution is -0.149. The van der Waals surface area contributed by atoms with E-state index in [1.807, 2.05) is 32.0 Å². The van der Waals surface area contributed by atoms with Gasteiger partial charge in [0.1, 0.15) is 5.60 Å². The smallest absolute Gasteiger partial charge is 0.341 e. The van der Waals surface area contributed by atoms with Crippen molar-refractivity contribution >= 4 is 5.97 Å². The molecule has 1 aromatic rings. The molecule has 20 heavy (non-hydrogen) atoms. The van der Waals surface area contributed by atoms with Gasteiger partial charge in [0.15, 0.2) is 5.60 Å². The highest BCUT2D eigenvalue weighted by atomic mass is 16.7. The minimum atomic E-state index is -0.716. The van der Waals surface area contributed by atoms with Crippen molar-refractivity contribution in [3.63, 3.8) is 0 Å². The first kappa shape index (κ1) is 15.0. The molecule has 2 unspecified atom stereocenters. The molecule has 2 rings (SSSR count). The summed E-state index contributed by atoms with van der Waals surface area (Å²) in [4.78, 5) is 12.2. The van der Waals surface area contributed by atoms with Crippen LogP contribution in [-0.2, 0) is 20.7 Å². The van der Waals surface area contributed by atoms with Crippen LogP contribution in [0.25, 0.3) is 0 Å². The summed E-state index contributed by atoms with van der Waals surface area (Å²) in [6.45, 7) is 6.34. The normalized spacial score (nSPS) is 28.1. The third-order valence-electron chi connectivity index (χ3n) is 4.15. The Hall–Kier alpha value is -1.35. The SMILES string of the molecule is CCCC1(C(=O)OCC)OC1(C)CCc1ccccc1. The highest BCUT2D eigenvalue weighted by molar-refractivity contribution is 5.84. The summed E-state index contributed by atoms with van der Waals surface area (Å²) in [5.41, 5.74) is 0.177. The molecule has 0 N–H and O–H groups in total. The Morgan fingerprint density at radius 1 is 1.20 bits per heavy atom. The molecule has 0 radical (unpaired) electrons. The van der Waals surface area contributed by atoms with E-state index in [0.29, 0.717) is 6.61 Å². The lowest BCUT2D eigenvalue weighted by atomic mass is 9.86. The van der Waals surface area contributed by atoms with Crippen molar-refractivity contribution in [2.45, 2.75) is 57.7 Å². The second-order valence-corrected chi connectivity index (χ2v) is 5.62. The highest BCUT2D eigenvalue weighted by Crippen LogP contribution is 2.54. The van der Waals surface area contributed by atoms with Crippen LogP contribution in [0.4, 0.5) is 0 Å². The molecule has 3 heteroatoms. The Labute approximate surface area is 121 Å². The quantitative estimate of drug-likeness (QED) is 0.565. The number of hydrogen-bond donors (Lipinski definition) is 0. The lowest BCUT2D eigenvalue weighted by Gasteiger charge is -2.15. The molecule has 110 valence electrons. The zero-order valence-corrected chi connectivity index (χ0v) is 12.6. The first-order valence-electron chi connectivity index (χ1n) is 7.49. The monoisotopic (exact) mass is 276 g/mol. The molecule has 1 saturated heterocycles. The summed E-state index contributed by atoms with van der Waals surface area (Å²) in [5.74, 6) is -0.197. The average molecular weight is 276 g/mol. The number of benzene rings is 1. The van der Waals surface area contributed by atoms with Crippen LogP contribution in [0.5, 0.6) is 0 Å². The number of carbonyl (C=O) groups is 1. The second-order valence-electron chi connectivity index (χ2n) is 5.62. The summed E-state index contributed by atoms with van der Waals surface area (Å²) >= 11 is 0. The summed E-state index contributed by atoms with van der Waals surface area (Å²) in [5, 5.41) is 0. The zero-order chi connectivity index (χ0) is 14.6. The van der Waals surface area contributed by atoms with Crippen molar-refractivity contribution in [3.05, 3.63) is 35.9 Å². The summed E-state index contributed by atoms with van der Waals surface area (Å²) < 4.78 is 11.1. The van der Waals surface area contributed by atoms with Crippen molar-refractivity contribution in [1.82, 2.24) is 0 Å². The highest BCUT2D eigenvalue weighted by Gasteiger charge is 2.71. The maximum atomic E-state index is 12.2. The maximum absolute atomic E-state index is 12.2. The molecule has 0 spiro atoms. The number of hydrogen-bond acceptors (Lipinski definition) is 3. The molecule has 0 aliphatic carbocycles. The molecular weight excluding hydrogens is 252 g/mol. The van der Waals surface area contributed by atoms with Crippen LogP contribution >= 0.6 is 0 Å². The topological polar surface area (TPSA) is 38.8 Å². The van der Waals surface area contributed by atoms with Gasteiger partial charge >= 0.3 is 5.97 Å². The van der Waals surface area contributed by atoms with Gasteiger partial charge in [-0.3, -0.25) is 0 Å². The summed E-state index contributed by atoms with van der Waals surface area (Å²) in [6, 6.07) is 10.3. The largest absolute Gasteiger partial charge is 0.464 e. The van der Waals surface area contributed by atoms with E-state index in [2.05, 4.69) is 19.1 Å². The van der Waals surface area contributed by atoms with E-state index in [9.17, 15) is 4.79 Å². The van der Waals surface area contributed by atoms with E-state index < -0.39 is 5.60 Å². The Morgan fingerprint density at radius 2 is 1.90 bits per heavy atom. The van der Waals surface area contributed by atoms with Gasteiger partial charge in [-0.25, -0.2) is 4.79 Å². The molecular formula is C17H24O3. The van der Waals surface area contributed by atoms with E-state index in [1.54, 1.807) is 0 Å². The lowest BCUT2D eigenvalue weighted by Crippen LogP contribution is -2.34. The number of esters is 1. The molecule has 2 atom stereocenters. The van der Waals surface area contributed by atoms with E-state index in [-0.39, 0.29) is 11.6 Å². The molecule has 0 saturated carbocycles. The van der Waals surface area contributed by atoms with E-state index >= 15 is 0 Å². The third kappa shape index (κ3) is 2.73. The average Bonchev–Trinajstić information content (AvgIpc) is 3.05.